The fourth-order valence-corrected chi connectivity index (χ4v) is 3.67. The predicted molar refractivity (Wildman–Crippen MR) is 116 cm³/mol. The van der Waals surface area contributed by atoms with Gasteiger partial charge in [-0.2, -0.15) is 0 Å². The second kappa shape index (κ2) is 8.69. The number of fused-ring (bicyclic) bond motifs is 1. The van der Waals surface area contributed by atoms with Crippen molar-refractivity contribution in [3.63, 3.8) is 0 Å². The van der Waals surface area contributed by atoms with Crippen molar-refractivity contribution in [3.05, 3.63) is 100 Å². The van der Waals surface area contributed by atoms with Gasteiger partial charge in [-0.15, -0.1) is 0 Å². The molecule has 0 aliphatic carbocycles. The van der Waals surface area contributed by atoms with E-state index in [1.165, 1.54) is 18.2 Å². The lowest BCUT2D eigenvalue weighted by Gasteiger charge is -2.23. The van der Waals surface area contributed by atoms with Gasteiger partial charge in [-0.3, -0.25) is 14.8 Å². The van der Waals surface area contributed by atoms with Crippen molar-refractivity contribution in [2.75, 3.05) is 7.11 Å². The third-order valence-electron chi connectivity index (χ3n) is 4.79. The standard InChI is InChI=1S/C24H18ClFN2O2/c1-30-14-17-6-4-5-16(27-17)10-12-22-23(18-7-2-3-8-20(18)25)24(29)19-13-15(26)9-11-21(19)28-22/h2-13,23H,14H2,1H3/b12-10+. The maximum Gasteiger partial charge on any atom is 0.178 e. The van der Waals surface area contributed by atoms with Crippen LogP contribution in [0.4, 0.5) is 10.1 Å². The number of ether oxygens (including phenoxy) is 1. The number of aliphatic imine (C=N–C) groups is 1. The molecule has 0 fully saturated rings. The predicted octanol–water partition coefficient (Wildman–Crippen LogP) is 5.79. The van der Waals surface area contributed by atoms with Gasteiger partial charge in [0.15, 0.2) is 5.78 Å². The number of pyridine rings is 1. The molecule has 1 unspecified atom stereocenters. The first-order valence-corrected chi connectivity index (χ1v) is 9.74. The van der Waals surface area contributed by atoms with Crippen LogP contribution in [0.15, 0.2) is 71.7 Å². The highest BCUT2D eigenvalue weighted by Gasteiger charge is 2.33. The first-order valence-electron chi connectivity index (χ1n) is 9.36. The van der Waals surface area contributed by atoms with Gasteiger partial charge in [-0.25, -0.2) is 4.39 Å². The van der Waals surface area contributed by atoms with Crippen LogP contribution in [0.25, 0.3) is 6.08 Å². The number of halogens is 2. The summed E-state index contributed by atoms with van der Waals surface area (Å²) in [7, 11) is 1.61. The van der Waals surface area contributed by atoms with Crippen LogP contribution in [-0.2, 0) is 11.3 Å². The molecule has 0 saturated heterocycles. The maximum atomic E-state index is 13.8. The Labute approximate surface area is 178 Å². The number of Topliss-reactive ketones (excluding diaryl/α,β-unsaturated/α-hetero) is 1. The topological polar surface area (TPSA) is 51.5 Å². The first kappa shape index (κ1) is 20.1. The Morgan fingerprint density at radius 1 is 1.10 bits per heavy atom. The Morgan fingerprint density at radius 2 is 1.93 bits per heavy atom. The molecule has 2 aromatic carbocycles. The lowest BCUT2D eigenvalue weighted by molar-refractivity contribution is 0.0981. The number of methoxy groups -OCH3 is 1. The van der Waals surface area contributed by atoms with Gasteiger partial charge in [0, 0.05) is 17.7 Å². The van der Waals surface area contributed by atoms with Gasteiger partial charge in [-0.05, 0) is 54.1 Å². The summed E-state index contributed by atoms with van der Waals surface area (Å²) < 4.78 is 18.9. The van der Waals surface area contributed by atoms with E-state index < -0.39 is 11.7 Å². The molecule has 3 aromatic rings. The number of carbonyl (C=O) groups is 1. The van der Waals surface area contributed by atoms with Crippen LogP contribution in [0, 0.1) is 5.82 Å². The summed E-state index contributed by atoms with van der Waals surface area (Å²) in [4.78, 5) is 22.5. The molecule has 1 aliphatic heterocycles. The summed E-state index contributed by atoms with van der Waals surface area (Å²) >= 11 is 6.39. The zero-order chi connectivity index (χ0) is 21.1. The van der Waals surface area contributed by atoms with Gasteiger partial charge in [0.1, 0.15) is 5.82 Å². The van der Waals surface area contributed by atoms with E-state index in [4.69, 9.17) is 16.3 Å². The fraction of sp³-hybridized carbons (Fsp3) is 0.125. The lowest BCUT2D eigenvalue weighted by Crippen LogP contribution is -2.25. The second-order valence-corrected chi connectivity index (χ2v) is 7.24. The van der Waals surface area contributed by atoms with Crippen LogP contribution in [-0.4, -0.2) is 23.6 Å². The average molecular weight is 421 g/mol. The highest BCUT2D eigenvalue weighted by Crippen LogP contribution is 2.37. The van der Waals surface area contributed by atoms with Gasteiger partial charge in [-0.1, -0.05) is 35.9 Å². The number of ketones is 1. The van der Waals surface area contributed by atoms with Crippen molar-refractivity contribution >= 4 is 34.9 Å². The van der Waals surface area contributed by atoms with Gasteiger partial charge in [0.05, 0.1) is 35.3 Å². The molecule has 1 aliphatic rings. The van der Waals surface area contributed by atoms with E-state index in [1.807, 2.05) is 24.3 Å². The minimum atomic E-state index is -0.730. The van der Waals surface area contributed by atoms with Crippen LogP contribution in [0.3, 0.4) is 0 Å². The molecule has 150 valence electrons. The molecule has 0 radical (unpaired) electrons. The van der Waals surface area contributed by atoms with Crippen molar-refractivity contribution in [2.24, 2.45) is 4.99 Å². The summed E-state index contributed by atoms with van der Waals surface area (Å²) in [6.07, 6.45) is 3.56. The normalized spacial score (nSPS) is 15.9. The van der Waals surface area contributed by atoms with Crippen molar-refractivity contribution in [3.8, 4) is 0 Å². The second-order valence-electron chi connectivity index (χ2n) is 6.84. The van der Waals surface area contributed by atoms with E-state index >= 15 is 0 Å². The summed E-state index contributed by atoms with van der Waals surface area (Å²) in [5.74, 6) is -1.45. The molecule has 4 nitrogen and oxygen atoms in total. The molecule has 1 aromatic heterocycles. The van der Waals surface area contributed by atoms with E-state index in [9.17, 15) is 9.18 Å². The number of hydrogen-bond acceptors (Lipinski definition) is 4. The highest BCUT2D eigenvalue weighted by molar-refractivity contribution is 6.33. The molecular weight excluding hydrogens is 403 g/mol. The summed E-state index contributed by atoms with van der Waals surface area (Å²) in [6, 6.07) is 16.8. The molecule has 0 N–H and O–H groups in total. The molecule has 0 spiro atoms. The van der Waals surface area contributed by atoms with Gasteiger partial charge < -0.3 is 4.74 Å². The van der Waals surface area contributed by atoms with Crippen LogP contribution < -0.4 is 0 Å². The number of carbonyl (C=O) groups excluding carboxylic acids is 1. The van der Waals surface area contributed by atoms with E-state index in [0.717, 1.165) is 5.69 Å². The number of nitrogens with zero attached hydrogens (tertiary/aromatic N) is 2. The molecular formula is C24H18ClFN2O2. The Morgan fingerprint density at radius 3 is 2.73 bits per heavy atom. The summed E-state index contributed by atoms with van der Waals surface area (Å²) in [5, 5.41) is 0.456. The largest absolute Gasteiger partial charge is 0.378 e. The molecule has 0 bridgehead atoms. The third-order valence-corrected chi connectivity index (χ3v) is 5.14. The Balaban J connectivity index is 1.79. The molecule has 6 heteroatoms. The van der Waals surface area contributed by atoms with Crippen molar-refractivity contribution in [1.82, 2.24) is 4.98 Å². The van der Waals surface area contributed by atoms with Crippen LogP contribution in [0.5, 0.6) is 0 Å². The molecule has 1 atom stereocenters. The van der Waals surface area contributed by atoms with Crippen molar-refractivity contribution < 1.29 is 13.9 Å². The Kier molecular flexibility index (Phi) is 5.84. The molecule has 0 saturated carbocycles. The summed E-state index contributed by atoms with van der Waals surface area (Å²) in [5.41, 5.74) is 3.34. The van der Waals surface area contributed by atoms with Gasteiger partial charge in [0.25, 0.3) is 0 Å². The van der Waals surface area contributed by atoms with Crippen LogP contribution >= 0.6 is 11.6 Å². The number of aromatic nitrogens is 1. The molecule has 4 rings (SSSR count). The first-order chi connectivity index (χ1) is 14.6. The van der Waals surface area contributed by atoms with E-state index in [2.05, 4.69) is 9.98 Å². The average Bonchev–Trinajstić information content (AvgIpc) is 2.74. The monoisotopic (exact) mass is 420 g/mol. The van der Waals surface area contributed by atoms with Crippen LogP contribution in [0.2, 0.25) is 5.02 Å². The smallest absolute Gasteiger partial charge is 0.178 e. The van der Waals surface area contributed by atoms with Crippen molar-refractivity contribution in [1.29, 1.82) is 0 Å². The fourth-order valence-electron chi connectivity index (χ4n) is 3.43. The van der Waals surface area contributed by atoms with Gasteiger partial charge >= 0.3 is 0 Å². The quantitative estimate of drug-likeness (QED) is 0.525. The lowest BCUT2D eigenvalue weighted by atomic mass is 9.83. The van der Waals surface area contributed by atoms with Crippen LogP contribution in [0.1, 0.15) is 33.2 Å². The maximum absolute atomic E-state index is 13.8. The van der Waals surface area contributed by atoms with Gasteiger partial charge in [0.2, 0.25) is 0 Å². The molecule has 2 heterocycles. The van der Waals surface area contributed by atoms with Crippen molar-refractivity contribution in [2.45, 2.75) is 12.5 Å². The number of benzene rings is 2. The highest BCUT2D eigenvalue weighted by atomic mass is 35.5. The number of allylic oxidation sites excluding steroid dienone is 1. The zero-order valence-corrected chi connectivity index (χ0v) is 16.9. The SMILES string of the molecule is COCc1cccc(/C=C/C2=Nc3ccc(F)cc3C(=O)C2c2ccccc2Cl)n1. The van der Waals surface area contributed by atoms with E-state index in [1.54, 1.807) is 37.5 Å². The number of rotatable bonds is 5. The number of hydrogen-bond donors (Lipinski definition) is 0. The van der Waals surface area contributed by atoms with E-state index in [0.29, 0.717) is 34.3 Å². The zero-order valence-electron chi connectivity index (χ0n) is 16.2. The van der Waals surface area contributed by atoms with E-state index in [-0.39, 0.29) is 11.3 Å². The molecule has 0 amide bonds. The minimum Gasteiger partial charge on any atom is -0.378 e. The Hall–Kier alpha value is -3.15. The third kappa shape index (κ3) is 4.08. The Bertz CT molecular complexity index is 1170. The minimum absolute atomic E-state index is 0.242. The molecule has 30 heavy (non-hydrogen) atoms. The summed E-state index contributed by atoms with van der Waals surface area (Å²) in [6.45, 7) is 0.405.